The van der Waals surface area contributed by atoms with Crippen LogP contribution in [0.3, 0.4) is 0 Å². The van der Waals surface area contributed by atoms with Gasteiger partial charge in [0.1, 0.15) is 5.84 Å². The quantitative estimate of drug-likeness (QED) is 0.287. The van der Waals surface area contributed by atoms with E-state index >= 15 is 0 Å². The number of nitrogens with zero attached hydrogens (tertiary/aromatic N) is 4. The fraction of sp³-hybridized carbons (Fsp3) is 0.458. The molecule has 0 spiro atoms. The fourth-order valence-electron chi connectivity index (χ4n) is 3.30. The van der Waals surface area contributed by atoms with Gasteiger partial charge in [0.2, 0.25) is 5.95 Å². The summed E-state index contributed by atoms with van der Waals surface area (Å²) in [6.45, 7) is 16.4. The van der Waals surface area contributed by atoms with Crippen molar-refractivity contribution >= 4 is 17.9 Å². The minimum Gasteiger partial charge on any atom is -0.382 e. The van der Waals surface area contributed by atoms with Gasteiger partial charge in [-0.1, -0.05) is 33.4 Å². The van der Waals surface area contributed by atoms with Crippen LogP contribution in [0.2, 0.25) is 0 Å². The molecule has 1 fully saturated rings. The van der Waals surface area contributed by atoms with Gasteiger partial charge in [-0.2, -0.15) is 0 Å². The monoisotopic (exact) mass is 423 g/mol. The molecular formula is C24H37N7. The fourth-order valence-corrected chi connectivity index (χ4v) is 3.30. The van der Waals surface area contributed by atoms with Crippen molar-refractivity contribution in [2.45, 2.75) is 39.2 Å². The summed E-state index contributed by atoms with van der Waals surface area (Å²) < 4.78 is 0. The molecule has 31 heavy (non-hydrogen) atoms. The van der Waals surface area contributed by atoms with Crippen LogP contribution in [0, 0.1) is 0 Å². The molecule has 0 aliphatic carbocycles. The van der Waals surface area contributed by atoms with E-state index in [4.69, 9.17) is 0 Å². The van der Waals surface area contributed by atoms with Crippen molar-refractivity contribution in [3.8, 4) is 0 Å². The number of allylic oxidation sites excluding steroid dienone is 2. The smallest absolute Gasteiger partial charge is 0.228 e. The van der Waals surface area contributed by atoms with Gasteiger partial charge in [0, 0.05) is 68.6 Å². The average molecular weight is 424 g/mol. The summed E-state index contributed by atoms with van der Waals surface area (Å²) in [4.78, 5) is 15.4. The molecule has 2 heterocycles. The Morgan fingerprint density at radius 1 is 1.26 bits per heavy atom. The van der Waals surface area contributed by atoms with Crippen LogP contribution in [0.4, 0.5) is 5.95 Å². The zero-order valence-corrected chi connectivity index (χ0v) is 19.2. The molecule has 1 aromatic rings. The first-order chi connectivity index (χ1) is 15.1. The number of anilines is 1. The van der Waals surface area contributed by atoms with Crippen LogP contribution >= 0.6 is 0 Å². The number of piperazine rings is 1. The first-order valence-corrected chi connectivity index (χ1v) is 11.1. The third-order valence-electron chi connectivity index (χ3n) is 5.15. The Balaban J connectivity index is 1.97. The van der Waals surface area contributed by atoms with Gasteiger partial charge in [0.05, 0.1) is 0 Å². The number of amidine groups is 1. The maximum atomic E-state index is 4.42. The van der Waals surface area contributed by atoms with E-state index in [0.717, 1.165) is 62.4 Å². The van der Waals surface area contributed by atoms with Crippen molar-refractivity contribution in [1.29, 1.82) is 0 Å². The van der Waals surface area contributed by atoms with Gasteiger partial charge in [0.25, 0.3) is 0 Å². The molecule has 1 aliphatic heterocycles. The van der Waals surface area contributed by atoms with Crippen molar-refractivity contribution in [3.05, 3.63) is 60.7 Å². The lowest BCUT2D eigenvalue weighted by Gasteiger charge is -2.29. The summed E-state index contributed by atoms with van der Waals surface area (Å²) in [6.07, 6.45) is 14.7. The summed E-state index contributed by atoms with van der Waals surface area (Å²) in [5.41, 5.74) is 2.87. The second kappa shape index (κ2) is 13.4. The second-order valence-corrected chi connectivity index (χ2v) is 7.48. The molecule has 168 valence electrons. The van der Waals surface area contributed by atoms with E-state index in [0.29, 0.717) is 17.8 Å². The summed E-state index contributed by atoms with van der Waals surface area (Å²) >= 11 is 0. The van der Waals surface area contributed by atoms with Crippen LogP contribution in [-0.4, -0.2) is 60.0 Å². The third-order valence-corrected chi connectivity index (χ3v) is 5.15. The molecule has 1 aliphatic rings. The normalized spacial score (nSPS) is 16.3. The van der Waals surface area contributed by atoms with Gasteiger partial charge in [-0.25, -0.2) is 9.97 Å². The number of aliphatic imine (C=N–C) groups is 1. The van der Waals surface area contributed by atoms with Crippen molar-refractivity contribution in [2.75, 3.05) is 38.5 Å². The molecule has 1 saturated heterocycles. The van der Waals surface area contributed by atoms with E-state index in [-0.39, 0.29) is 0 Å². The van der Waals surface area contributed by atoms with E-state index < -0.39 is 0 Å². The highest BCUT2D eigenvalue weighted by atomic mass is 15.2. The lowest BCUT2D eigenvalue weighted by atomic mass is 10.1. The van der Waals surface area contributed by atoms with Crippen molar-refractivity contribution in [3.63, 3.8) is 0 Å². The van der Waals surface area contributed by atoms with E-state index in [9.17, 15) is 0 Å². The number of hydrogen-bond acceptors (Lipinski definition) is 6. The minimum atomic E-state index is 0.446. The van der Waals surface area contributed by atoms with E-state index in [1.807, 2.05) is 24.3 Å². The molecular weight excluding hydrogens is 386 g/mol. The van der Waals surface area contributed by atoms with Gasteiger partial charge < -0.3 is 20.9 Å². The summed E-state index contributed by atoms with van der Waals surface area (Å²) in [7, 11) is 1.74. The maximum absolute atomic E-state index is 4.42. The standard InChI is InChI=1S/C24H37N7/c1-6-9-21(7-2)29-22(8-3)16-20-17-27-24(28-18-20)30-23(25-5)11-10-19(4)31-14-12-26-13-15-31/h8,10-11,16-18,21,26,29H,3-4,6-7,9,12-15H2,1-2,5H3,(H,25,27,28,30)/b11-10-,22-16-/t21-/m1/s1. The SMILES string of the molecule is C=C/C(=C/c1cnc(NC(/C=C\C(=C)N2CCNCC2)=N/C)nc1)N[C@H](CC)CCC. The Labute approximate surface area is 187 Å². The predicted molar refractivity (Wildman–Crippen MR) is 132 cm³/mol. The Bertz CT molecular complexity index is 787. The van der Waals surface area contributed by atoms with E-state index in [2.05, 4.69) is 62.8 Å². The van der Waals surface area contributed by atoms with Gasteiger partial charge in [-0.3, -0.25) is 4.99 Å². The Morgan fingerprint density at radius 2 is 1.97 bits per heavy atom. The molecule has 0 bridgehead atoms. The first-order valence-electron chi connectivity index (χ1n) is 11.1. The molecule has 1 atom stereocenters. The van der Waals surface area contributed by atoms with Crippen LogP contribution in [-0.2, 0) is 0 Å². The lowest BCUT2D eigenvalue weighted by Crippen LogP contribution is -2.42. The molecule has 7 heteroatoms. The molecule has 0 saturated carbocycles. The topological polar surface area (TPSA) is 77.5 Å². The van der Waals surface area contributed by atoms with Crippen molar-refractivity contribution < 1.29 is 0 Å². The minimum absolute atomic E-state index is 0.446. The summed E-state index contributed by atoms with van der Waals surface area (Å²) in [5, 5.41) is 10.0. The van der Waals surface area contributed by atoms with Crippen molar-refractivity contribution in [2.24, 2.45) is 4.99 Å². The molecule has 0 amide bonds. The molecule has 0 unspecified atom stereocenters. The van der Waals surface area contributed by atoms with E-state index in [1.54, 1.807) is 19.4 Å². The maximum Gasteiger partial charge on any atom is 0.228 e. The number of rotatable bonds is 11. The molecule has 0 aromatic carbocycles. The van der Waals surface area contributed by atoms with Gasteiger partial charge in [0.15, 0.2) is 0 Å². The second-order valence-electron chi connectivity index (χ2n) is 7.48. The first kappa shape index (κ1) is 24.3. The van der Waals surface area contributed by atoms with Gasteiger partial charge in [-0.05, 0) is 37.1 Å². The zero-order valence-electron chi connectivity index (χ0n) is 19.2. The molecule has 0 radical (unpaired) electrons. The predicted octanol–water partition coefficient (Wildman–Crippen LogP) is 3.59. The highest BCUT2D eigenvalue weighted by Gasteiger charge is 2.09. The highest BCUT2D eigenvalue weighted by molar-refractivity contribution is 6.02. The summed E-state index contributed by atoms with van der Waals surface area (Å²) in [6, 6.07) is 0.446. The average Bonchev–Trinajstić information content (AvgIpc) is 2.82. The van der Waals surface area contributed by atoms with Gasteiger partial charge >= 0.3 is 0 Å². The molecule has 2 rings (SSSR count). The molecule has 1 aromatic heterocycles. The van der Waals surface area contributed by atoms with E-state index in [1.165, 1.54) is 0 Å². The number of nitrogens with one attached hydrogen (secondary N) is 3. The zero-order chi connectivity index (χ0) is 22.5. The number of aromatic nitrogens is 2. The molecule has 3 N–H and O–H groups in total. The Kier molecular flexibility index (Phi) is 10.5. The number of hydrogen-bond donors (Lipinski definition) is 3. The van der Waals surface area contributed by atoms with Crippen LogP contribution in [0.15, 0.2) is 60.2 Å². The van der Waals surface area contributed by atoms with Crippen LogP contribution < -0.4 is 16.0 Å². The van der Waals surface area contributed by atoms with Crippen molar-refractivity contribution in [1.82, 2.24) is 25.5 Å². The lowest BCUT2D eigenvalue weighted by molar-refractivity contribution is 0.308. The summed E-state index contributed by atoms with van der Waals surface area (Å²) in [5.74, 6) is 1.18. The third kappa shape index (κ3) is 8.38. The Hall–Kier alpha value is -2.93. The van der Waals surface area contributed by atoms with Crippen LogP contribution in [0.5, 0.6) is 0 Å². The molecule has 7 nitrogen and oxygen atoms in total. The highest BCUT2D eigenvalue weighted by Crippen LogP contribution is 2.10. The van der Waals surface area contributed by atoms with Crippen LogP contribution in [0.25, 0.3) is 6.08 Å². The Morgan fingerprint density at radius 3 is 2.55 bits per heavy atom. The van der Waals surface area contributed by atoms with Gasteiger partial charge in [-0.15, -0.1) is 0 Å². The van der Waals surface area contributed by atoms with Crippen LogP contribution in [0.1, 0.15) is 38.7 Å². The largest absolute Gasteiger partial charge is 0.382 e.